The minimum Gasteiger partial charge on any atom is -0.665 e. The number of halogens is 2. The predicted molar refractivity (Wildman–Crippen MR) is 262 cm³/mol. The van der Waals surface area contributed by atoms with Crippen LogP contribution in [0.1, 0.15) is 63.0 Å². The number of ether oxygens (including phenoxy) is 3. The molecule has 0 fully saturated rings. The third kappa shape index (κ3) is 62.3. The summed E-state index contributed by atoms with van der Waals surface area (Å²) in [5.41, 5.74) is 6.95. The van der Waals surface area contributed by atoms with Crippen LogP contribution in [0.3, 0.4) is 0 Å². The molecule has 4 rings (SSSR count). The van der Waals surface area contributed by atoms with Gasteiger partial charge in [0.15, 0.2) is 0 Å². The molecule has 0 amide bonds. The molecule has 0 spiro atoms. The number of nitrogens with two attached hydrogens (primary N) is 1. The van der Waals surface area contributed by atoms with Gasteiger partial charge >= 0.3 is 0 Å². The third-order valence-corrected chi connectivity index (χ3v) is 4.68. The second kappa shape index (κ2) is 67.8. The number of anilines is 2. The van der Waals surface area contributed by atoms with Crippen LogP contribution in [0.25, 0.3) is 0 Å². The maximum atomic E-state index is 10.2. The molecule has 342 valence electrons. The van der Waals surface area contributed by atoms with Crippen molar-refractivity contribution in [3.8, 4) is 23.0 Å². The van der Waals surface area contributed by atoms with E-state index in [-0.39, 0.29) is 148 Å². The van der Waals surface area contributed by atoms with Gasteiger partial charge in [-0.3, -0.25) is 26.1 Å². The number of rotatable bonds is 6. The van der Waals surface area contributed by atoms with Crippen molar-refractivity contribution in [2.24, 2.45) is 0 Å². The second-order valence-electron chi connectivity index (χ2n) is 9.75. The van der Waals surface area contributed by atoms with Crippen LogP contribution in [0.4, 0.5) is 22.7 Å². The molecule has 0 aromatic heterocycles. The molecule has 4 aromatic rings. The number of nitro benzene ring substituents is 2. The van der Waals surface area contributed by atoms with Crippen molar-refractivity contribution in [1.82, 2.24) is 0 Å². The number of nitrogens with one attached hydrogen (secondary N) is 1. The fourth-order valence-electron chi connectivity index (χ4n) is 2.76. The molecule has 0 bridgehead atoms. The largest absolute Gasteiger partial charge is 0.665 e. The summed E-state index contributed by atoms with van der Waals surface area (Å²) in [6, 6.07) is 25.6. The normalized spacial score (nSPS) is 8.50. The predicted octanol–water partition coefficient (Wildman–Crippen LogP) is 14.3. The van der Waals surface area contributed by atoms with Crippen LogP contribution >= 0.6 is 50.7 Å². The van der Waals surface area contributed by atoms with Crippen LogP contribution in [0.5, 0.6) is 23.0 Å². The van der Waals surface area contributed by atoms with Crippen LogP contribution in [0.2, 0.25) is 0 Å². The fraction of sp³-hybridized carbons (Fsp3) is 0.233. The van der Waals surface area contributed by atoms with Gasteiger partial charge in [-0.25, -0.2) is 0 Å². The summed E-state index contributed by atoms with van der Waals surface area (Å²) in [4.78, 5) is 19.2. The number of benzene rings is 4. The van der Waals surface area contributed by atoms with E-state index < -0.39 is 14.7 Å². The fourth-order valence-corrected chi connectivity index (χ4v) is 2.88. The third-order valence-electron chi connectivity index (χ3n) is 4.58. The first-order valence-corrected chi connectivity index (χ1v) is 19.7. The van der Waals surface area contributed by atoms with Gasteiger partial charge in [-0.05, 0) is 48.2 Å². The SMILES string of the molecule is O=[N+]([O-])c1cccc(O)c1.[2H]C([3H])I.[CH2-]Br.[CH2-]CC.[CH2-]CC.[CH2-]CC.[CH2-]CC.[CH2-]Oc1cccc(N)c1.[CH2-]Oc1cccc(NC(C)=S)c1.[CH2-]Oc1cccc([N+](=O)[O-])c1.[Y].[Y].[Y].[Y]. The number of nitrogen functional groups attached to an aromatic ring is 1. The minimum atomic E-state index is -0.697. The Morgan fingerprint density at radius 1 is 0.742 bits per heavy atom. The summed E-state index contributed by atoms with van der Waals surface area (Å²) >= 11 is 9.25. The van der Waals surface area contributed by atoms with Crippen molar-refractivity contribution in [2.45, 2.75) is 60.3 Å². The van der Waals surface area contributed by atoms with E-state index in [4.69, 9.17) is 30.5 Å². The summed E-state index contributed by atoms with van der Waals surface area (Å²) in [5, 5.41) is 32.0. The number of phenols is 1. The second-order valence-corrected chi connectivity index (χ2v) is 10.4. The van der Waals surface area contributed by atoms with Crippen LogP contribution in [-0.2, 0) is 131 Å². The van der Waals surface area contributed by atoms with Crippen LogP contribution in [-0.4, -0.2) is 24.8 Å². The van der Waals surface area contributed by atoms with Gasteiger partial charge in [0.25, 0.3) is 11.4 Å². The molecule has 0 heterocycles. The number of hydrogen-bond donors (Lipinski definition) is 3. The maximum absolute atomic E-state index is 10.2. The van der Waals surface area contributed by atoms with Crippen LogP contribution in [0.15, 0.2) is 97.1 Å². The molecule has 1 unspecified atom stereocenters. The number of alkyl halides is 1. The summed E-state index contributed by atoms with van der Waals surface area (Å²) in [5.74, 6) is 4.77. The Morgan fingerprint density at radius 2 is 1.05 bits per heavy atom. The van der Waals surface area contributed by atoms with E-state index in [0.717, 1.165) is 48.2 Å². The Hall–Kier alpha value is 0.196. The van der Waals surface area contributed by atoms with Crippen molar-refractivity contribution < 1.29 is 163 Å². The average Bonchev–Trinajstić information content (AvgIpc) is 3.20. The summed E-state index contributed by atoms with van der Waals surface area (Å²) in [7, 11) is 9.69. The standard InChI is InChI=1S/C9H10NOS.C7H6NO3.C7H8NO.C6H5NO3.4C3H7.CH2Br.CH3I.4Y/c1-7(12)10-8-4-3-5-9(6-8)11-2;1-11-7-4-2-3-6(5-7)8(9)10;1-9-7-4-2-3-6(8)5-7;8-6-3-1-2-5(4-6)7(9)10;4*1-3-2;2*1-2;;;;/h3-6H,2H2,1H3,(H,10,12);2-5H,1H2;2-5H,1,8H2;1-4,8H;4*1,3H2,2H3;1H2;1H3;;;;/q3*-1;;5*-1;;;;;/i;;;;;;;;;1TD;;;;. The monoisotopic (exact) mass is 1360 g/mol. The topological polar surface area (TPSA) is 172 Å². The van der Waals surface area contributed by atoms with Gasteiger partial charge in [0.2, 0.25) is 0 Å². The molecular weight excluding hydrogens is 1290 g/mol. The van der Waals surface area contributed by atoms with Crippen LogP contribution < -0.4 is 25.3 Å². The van der Waals surface area contributed by atoms with Crippen molar-refractivity contribution in [3.63, 3.8) is 0 Å². The Kier molecular flexibility index (Phi) is 86.7. The number of aromatic hydroxyl groups is 1. The molecule has 0 saturated carbocycles. The number of non-ortho nitro benzene ring substituents is 2. The van der Waals surface area contributed by atoms with E-state index in [2.05, 4.69) is 85.6 Å². The van der Waals surface area contributed by atoms with Gasteiger partial charge < -0.3 is 74.0 Å². The Balaban J connectivity index is -0.0000000664. The smallest absolute Gasteiger partial charge is 0.273 e. The summed E-state index contributed by atoms with van der Waals surface area (Å²) in [6.07, 6.45) is 4.00. The Labute approximate surface area is 505 Å². The summed E-state index contributed by atoms with van der Waals surface area (Å²) < 4.78 is 26.5. The zero-order valence-corrected chi connectivity index (χ0v) is 52.5. The Morgan fingerprint density at radius 3 is 1.34 bits per heavy atom. The van der Waals surface area contributed by atoms with Crippen molar-refractivity contribution in [1.29, 1.82) is 0 Å². The van der Waals surface area contributed by atoms with E-state index >= 15 is 0 Å². The molecular formula is C43H62BrIN4O8SY4-8. The Bertz CT molecular complexity index is 1610. The number of hydrogen-bond acceptors (Lipinski definition) is 10. The molecule has 4 radical (unpaired) electrons. The van der Waals surface area contributed by atoms with Gasteiger partial charge in [0.05, 0.1) is 44.2 Å². The molecule has 4 aromatic carbocycles. The number of phenolic OH excluding ortho intramolecular Hbond substituents is 1. The molecule has 0 aliphatic heterocycles. The van der Waals surface area contributed by atoms with E-state index in [1.807, 2.05) is 65.0 Å². The molecule has 0 aliphatic rings. The molecule has 1 atom stereocenters. The van der Waals surface area contributed by atoms with Crippen molar-refractivity contribution in [2.75, 3.05) is 15.9 Å². The van der Waals surface area contributed by atoms with Gasteiger partial charge in [-0.1, -0.05) is 86.8 Å². The average molecular weight is 1360 g/mol. The number of nitrogens with zero attached hydrogens (tertiary/aromatic N) is 2. The van der Waals surface area contributed by atoms with Gasteiger partial charge in [0.1, 0.15) is 5.75 Å². The van der Waals surface area contributed by atoms with E-state index in [1.165, 1.54) is 30.3 Å². The van der Waals surface area contributed by atoms with Gasteiger partial charge in [-0.15, -0.1) is 0 Å². The first-order valence-electron chi connectivity index (χ1n) is 18.1. The molecule has 62 heavy (non-hydrogen) atoms. The first-order chi connectivity index (χ1) is 28.4. The minimum absolute atomic E-state index is 0. The zero-order chi connectivity index (χ0) is 47.9. The molecule has 12 nitrogen and oxygen atoms in total. The first kappa shape index (κ1) is 79.3. The summed E-state index contributed by atoms with van der Waals surface area (Å²) in [6.45, 7) is 23.8. The van der Waals surface area contributed by atoms with Crippen molar-refractivity contribution in [3.05, 3.63) is 172 Å². The van der Waals surface area contributed by atoms with Gasteiger partial charge in [-0.2, -0.15) is 47.0 Å². The molecule has 4 N–H and O–H groups in total. The maximum Gasteiger partial charge on any atom is 0.273 e. The zero-order valence-electron chi connectivity index (χ0n) is 38.6. The van der Waals surface area contributed by atoms with E-state index in [1.54, 1.807) is 52.9 Å². The molecule has 0 aliphatic carbocycles. The van der Waals surface area contributed by atoms with Crippen LogP contribution in [0, 0.1) is 75.1 Å². The van der Waals surface area contributed by atoms with Gasteiger partial charge in [0, 0.05) is 169 Å². The molecule has 0 saturated heterocycles. The molecule has 19 heteroatoms. The van der Waals surface area contributed by atoms with E-state index in [0.29, 0.717) is 17.2 Å². The number of nitro groups is 2. The number of thiocarbonyl (C=S) groups is 1. The quantitative estimate of drug-likeness (QED) is 0.0319. The van der Waals surface area contributed by atoms with E-state index in [9.17, 15) is 20.2 Å². The van der Waals surface area contributed by atoms with Crippen molar-refractivity contribution >= 4 is 78.5 Å².